The summed E-state index contributed by atoms with van der Waals surface area (Å²) in [5, 5.41) is 0.378. The van der Waals surface area contributed by atoms with Gasteiger partial charge in [-0.05, 0) is 18.2 Å². The fourth-order valence-electron chi connectivity index (χ4n) is 1.52. The number of carbonyl (C=O) groups is 2. The molecule has 0 aromatic heterocycles. The minimum atomic E-state index is -1.21. The predicted molar refractivity (Wildman–Crippen MR) is 64.8 cm³/mol. The molecule has 0 bridgehead atoms. The van der Waals surface area contributed by atoms with Gasteiger partial charge in [-0.2, -0.15) is 0 Å². The summed E-state index contributed by atoms with van der Waals surface area (Å²) in [6, 6.07) is 4.63. The van der Waals surface area contributed by atoms with Gasteiger partial charge in [-0.25, -0.2) is 0 Å². The zero-order chi connectivity index (χ0) is 13.7. The molecule has 0 aliphatic heterocycles. The van der Waals surface area contributed by atoms with Crippen molar-refractivity contribution in [1.29, 1.82) is 0 Å². The number of methoxy groups -OCH3 is 3. The Kier molecular flexibility index (Phi) is 4.97. The van der Waals surface area contributed by atoms with Gasteiger partial charge in [0, 0.05) is 10.6 Å². The largest absolute Gasteiger partial charge is 0.496 e. The highest BCUT2D eigenvalue weighted by Crippen LogP contribution is 2.31. The maximum Gasteiger partial charge on any atom is 0.324 e. The van der Waals surface area contributed by atoms with Crippen molar-refractivity contribution in [3.05, 3.63) is 28.8 Å². The third-order valence-corrected chi connectivity index (χ3v) is 2.61. The van der Waals surface area contributed by atoms with Gasteiger partial charge >= 0.3 is 11.9 Å². The van der Waals surface area contributed by atoms with Gasteiger partial charge in [0.1, 0.15) is 5.75 Å². The van der Waals surface area contributed by atoms with Crippen LogP contribution in [0.1, 0.15) is 11.5 Å². The van der Waals surface area contributed by atoms with Gasteiger partial charge in [0.2, 0.25) is 0 Å². The summed E-state index contributed by atoms with van der Waals surface area (Å²) in [6.07, 6.45) is 0. The van der Waals surface area contributed by atoms with Crippen molar-refractivity contribution < 1.29 is 23.8 Å². The first-order valence-corrected chi connectivity index (χ1v) is 5.42. The SMILES string of the molecule is COC(=O)C(C(=O)OC)c1cc(Cl)ccc1OC. The quantitative estimate of drug-likeness (QED) is 0.618. The van der Waals surface area contributed by atoms with E-state index in [2.05, 4.69) is 9.47 Å². The highest BCUT2D eigenvalue weighted by Gasteiger charge is 2.33. The molecule has 0 heterocycles. The molecule has 0 fully saturated rings. The van der Waals surface area contributed by atoms with Crippen LogP contribution < -0.4 is 4.74 Å². The topological polar surface area (TPSA) is 61.8 Å². The smallest absolute Gasteiger partial charge is 0.324 e. The first-order valence-electron chi connectivity index (χ1n) is 5.04. The van der Waals surface area contributed by atoms with Crippen LogP contribution in [-0.2, 0) is 19.1 Å². The van der Waals surface area contributed by atoms with Crippen LogP contribution in [0.4, 0.5) is 0 Å². The first-order chi connectivity index (χ1) is 8.54. The second kappa shape index (κ2) is 6.26. The van der Waals surface area contributed by atoms with Crippen molar-refractivity contribution in [1.82, 2.24) is 0 Å². The molecule has 0 aliphatic carbocycles. The van der Waals surface area contributed by atoms with Crippen molar-refractivity contribution in [2.24, 2.45) is 0 Å². The van der Waals surface area contributed by atoms with E-state index in [-0.39, 0.29) is 0 Å². The molecule has 0 spiro atoms. The Hall–Kier alpha value is -1.75. The molecule has 0 N–H and O–H groups in total. The van der Waals surface area contributed by atoms with Crippen molar-refractivity contribution in [2.45, 2.75) is 5.92 Å². The molecule has 0 aliphatic rings. The molecule has 0 saturated carbocycles. The number of hydrogen-bond donors (Lipinski definition) is 0. The van der Waals surface area contributed by atoms with E-state index >= 15 is 0 Å². The summed E-state index contributed by atoms with van der Waals surface area (Å²) in [5.41, 5.74) is 0.309. The van der Waals surface area contributed by atoms with Crippen LogP contribution in [-0.4, -0.2) is 33.3 Å². The Morgan fingerprint density at radius 1 is 1.11 bits per heavy atom. The molecule has 0 amide bonds. The number of carbonyl (C=O) groups excluding carboxylic acids is 2. The molecule has 98 valence electrons. The fourth-order valence-corrected chi connectivity index (χ4v) is 1.70. The first kappa shape index (κ1) is 14.3. The molecule has 0 unspecified atom stereocenters. The number of hydrogen-bond acceptors (Lipinski definition) is 5. The Morgan fingerprint density at radius 2 is 1.67 bits per heavy atom. The van der Waals surface area contributed by atoms with E-state index in [1.165, 1.54) is 27.4 Å². The summed E-state index contributed by atoms with van der Waals surface area (Å²) in [7, 11) is 3.81. The highest BCUT2D eigenvalue weighted by atomic mass is 35.5. The lowest BCUT2D eigenvalue weighted by molar-refractivity contribution is -0.154. The van der Waals surface area contributed by atoms with E-state index in [0.29, 0.717) is 16.3 Å². The Balaban J connectivity index is 3.32. The van der Waals surface area contributed by atoms with Gasteiger partial charge in [0.15, 0.2) is 5.92 Å². The summed E-state index contributed by atoms with van der Waals surface area (Å²) in [4.78, 5) is 23.3. The average Bonchev–Trinajstić information content (AvgIpc) is 2.38. The lowest BCUT2D eigenvalue weighted by Crippen LogP contribution is -2.24. The monoisotopic (exact) mass is 272 g/mol. The molecular formula is C12H13ClO5. The van der Waals surface area contributed by atoms with E-state index in [1.54, 1.807) is 12.1 Å². The molecule has 1 aromatic carbocycles. The number of ether oxygens (including phenoxy) is 3. The van der Waals surface area contributed by atoms with Crippen molar-refractivity contribution in [3.63, 3.8) is 0 Å². The number of halogens is 1. The lowest BCUT2D eigenvalue weighted by atomic mass is 9.98. The van der Waals surface area contributed by atoms with Crippen molar-refractivity contribution in [2.75, 3.05) is 21.3 Å². The summed E-state index contributed by atoms with van der Waals surface area (Å²) in [5.74, 6) is -2.32. The normalized spacial score (nSPS) is 10.1. The molecule has 1 aromatic rings. The minimum Gasteiger partial charge on any atom is -0.496 e. The van der Waals surface area contributed by atoms with Crippen molar-refractivity contribution in [3.8, 4) is 5.75 Å². The van der Waals surface area contributed by atoms with E-state index < -0.39 is 17.9 Å². The fraction of sp³-hybridized carbons (Fsp3) is 0.333. The van der Waals surface area contributed by atoms with Crippen LogP contribution in [0.15, 0.2) is 18.2 Å². The van der Waals surface area contributed by atoms with Crippen LogP contribution in [0, 0.1) is 0 Å². The number of benzene rings is 1. The molecule has 5 nitrogen and oxygen atoms in total. The van der Waals surface area contributed by atoms with Gasteiger partial charge < -0.3 is 14.2 Å². The van der Waals surface area contributed by atoms with Crippen LogP contribution in [0.3, 0.4) is 0 Å². The van der Waals surface area contributed by atoms with Gasteiger partial charge in [-0.1, -0.05) is 11.6 Å². The van der Waals surface area contributed by atoms with Gasteiger partial charge in [0.25, 0.3) is 0 Å². The maximum atomic E-state index is 11.7. The van der Waals surface area contributed by atoms with Crippen LogP contribution in [0.5, 0.6) is 5.75 Å². The molecule has 0 radical (unpaired) electrons. The van der Waals surface area contributed by atoms with E-state index in [9.17, 15) is 9.59 Å². The second-order valence-electron chi connectivity index (χ2n) is 3.37. The highest BCUT2D eigenvalue weighted by molar-refractivity contribution is 6.30. The average molecular weight is 273 g/mol. The van der Waals surface area contributed by atoms with Gasteiger partial charge in [-0.3, -0.25) is 9.59 Å². The summed E-state index contributed by atoms with van der Waals surface area (Å²) >= 11 is 5.85. The Morgan fingerprint density at radius 3 is 2.11 bits per heavy atom. The number of esters is 2. The second-order valence-corrected chi connectivity index (χ2v) is 3.80. The molecular weight excluding hydrogens is 260 g/mol. The molecule has 6 heteroatoms. The Labute approximate surface area is 110 Å². The third kappa shape index (κ3) is 2.92. The van der Waals surface area contributed by atoms with E-state index in [0.717, 1.165) is 0 Å². The van der Waals surface area contributed by atoms with Crippen LogP contribution >= 0.6 is 11.6 Å². The molecule has 18 heavy (non-hydrogen) atoms. The standard InChI is InChI=1S/C12H13ClO5/c1-16-9-5-4-7(13)6-8(9)10(11(14)17-2)12(15)18-3/h4-6,10H,1-3H3. The number of rotatable bonds is 4. The van der Waals surface area contributed by atoms with Gasteiger partial charge in [0.05, 0.1) is 21.3 Å². The summed E-state index contributed by atoms with van der Waals surface area (Å²) in [6.45, 7) is 0. The minimum absolute atomic E-state index is 0.309. The molecule has 1 rings (SSSR count). The summed E-state index contributed by atoms with van der Waals surface area (Å²) < 4.78 is 14.3. The third-order valence-electron chi connectivity index (χ3n) is 2.38. The molecule has 0 atom stereocenters. The van der Waals surface area contributed by atoms with E-state index in [1.807, 2.05) is 0 Å². The zero-order valence-corrected chi connectivity index (χ0v) is 11.0. The maximum absolute atomic E-state index is 11.7. The Bertz CT molecular complexity index is 442. The lowest BCUT2D eigenvalue weighted by Gasteiger charge is -2.16. The van der Waals surface area contributed by atoms with E-state index in [4.69, 9.17) is 16.3 Å². The van der Waals surface area contributed by atoms with Crippen molar-refractivity contribution >= 4 is 23.5 Å². The zero-order valence-electron chi connectivity index (χ0n) is 10.2. The van der Waals surface area contributed by atoms with Gasteiger partial charge in [-0.15, -0.1) is 0 Å². The molecule has 0 saturated heterocycles. The van der Waals surface area contributed by atoms with Crippen LogP contribution in [0.2, 0.25) is 5.02 Å². The predicted octanol–water partition coefficient (Wildman–Crippen LogP) is 1.78. The van der Waals surface area contributed by atoms with Crippen LogP contribution in [0.25, 0.3) is 0 Å².